The van der Waals surface area contributed by atoms with E-state index in [1.165, 1.54) is 12.1 Å². The zero-order chi connectivity index (χ0) is 19.9. The van der Waals surface area contributed by atoms with Gasteiger partial charge in [0.25, 0.3) is 0 Å². The van der Waals surface area contributed by atoms with Crippen molar-refractivity contribution in [2.45, 2.75) is 26.6 Å². The van der Waals surface area contributed by atoms with Gasteiger partial charge in [-0.3, -0.25) is 0 Å². The molecule has 2 aromatic rings. The Labute approximate surface area is 161 Å². The van der Waals surface area contributed by atoms with Crippen LogP contribution in [0.2, 0.25) is 0 Å². The predicted octanol–water partition coefficient (Wildman–Crippen LogP) is 3.92. The van der Waals surface area contributed by atoms with Gasteiger partial charge in [0.2, 0.25) is 0 Å². The molecular weight excluding hydrogens is 373 g/mol. The molecule has 1 N–H and O–H groups in total. The molecule has 0 atom stereocenters. The van der Waals surface area contributed by atoms with Crippen molar-refractivity contribution in [1.82, 2.24) is 15.2 Å². The van der Waals surface area contributed by atoms with Gasteiger partial charge in [-0.05, 0) is 38.1 Å². The second-order valence-corrected chi connectivity index (χ2v) is 6.82. The molecule has 0 radical (unpaired) electrons. The monoisotopic (exact) mass is 394 g/mol. The number of benzene rings is 1. The minimum absolute atomic E-state index is 0.240. The van der Waals surface area contributed by atoms with Crippen molar-refractivity contribution in [1.29, 1.82) is 0 Å². The van der Waals surface area contributed by atoms with Gasteiger partial charge in [-0.2, -0.15) is 13.2 Å². The third-order valence-electron chi connectivity index (χ3n) is 3.52. The highest BCUT2D eigenvalue weighted by molar-refractivity contribution is 7.09. The predicted molar refractivity (Wildman–Crippen MR) is 103 cm³/mol. The number of hydrogen-bond acceptors (Lipinski definition) is 3. The van der Waals surface area contributed by atoms with Crippen molar-refractivity contribution in [3.8, 4) is 11.8 Å². The van der Waals surface area contributed by atoms with Crippen LogP contribution in [-0.2, 0) is 12.7 Å². The van der Waals surface area contributed by atoms with Crippen LogP contribution < -0.4 is 5.32 Å². The van der Waals surface area contributed by atoms with Gasteiger partial charge in [-0.25, -0.2) is 9.98 Å². The molecule has 4 nitrogen and oxygen atoms in total. The van der Waals surface area contributed by atoms with Crippen molar-refractivity contribution < 1.29 is 13.2 Å². The summed E-state index contributed by atoms with van der Waals surface area (Å²) in [6.07, 6.45) is -4.34. The van der Waals surface area contributed by atoms with E-state index >= 15 is 0 Å². The molecule has 0 bridgehead atoms. The van der Waals surface area contributed by atoms with Gasteiger partial charge in [0.15, 0.2) is 5.96 Å². The standard InChI is InChI=1S/C19H21F3N4S/c1-4-23-18(26(3)12-17-13-27-14(2)25-17)24-11-5-6-15-7-9-16(10-8-15)19(20,21)22/h7-10,13H,4,11-12H2,1-3H3,(H,23,24). The first kappa shape index (κ1) is 20.8. The zero-order valence-electron chi connectivity index (χ0n) is 15.4. The molecule has 8 heteroatoms. The van der Waals surface area contributed by atoms with Crippen molar-refractivity contribution >= 4 is 17.3 Å². The average molecular weight is 394 g/mol. The normalized spacial score (nSPS) is 11.7. The lowest BCUT2D eigenvalue weighted by atomic mass is 10.1. The number of guanidine groups is 1. The second kappa shape index (κ2) is 9.42. The summed E-state index contributed by atoms with van der Waals surface area (Å²) in [5, 5.41) is 6.22. The van der Waals surface area contributed by atoms with Crippen molar-refractivity contribution in [3.05, 3.63) is 51.5 Å². The molecule has 144 valence electrons. The highest BCUT2D eigenvalue weighted by atomic mass is 32.1. The molecule has 2 rings (SSSR count). The molecular formula is C19H21F3N4S. The van der Waals surface area contributed by atoms with Gasteiger partial charge in [0.1, 0.15) is 6.54 Å². The van der Waals surface area contributed by atoms with Gasteiger partial charge < -0.3 is 10.2 Å². The Morgan fingerprint density at radius 3 is 2.56 bits per heavy atom. The van der Waals surface area contributed by atoms with Gasteiger partial charge in [0.05, 0.1) is 22.8 Å². The zero-order valence-corrected chi connectivity index (χ0v) is 16.2. The molecule has 0 aliphatic rings. The van der Waals surface area contributed by atoms with E-state index in [-0.39, 0.29) is 6.54 Å². The van der Waals surface area contributed by atoms with E-state index in [1.54, 1.807) is 11.3 Å². The Hall–Kier alpha value is -2.53. The fourth-order valence-corrected chi connectivity index (χ4v) is 2.87. The van der Waals surface area contributed by atoms with Crippen LogP contribution in [0, 0.1) is 18.8 Å². The summed E-state index contributed by atoms with van der Waals surface area (Å²) in [5.41, 5.74) is 0.815. The number of thiazole rings is 1. The Bertz CT molecular complexity index is 829. The van der Waals surface area contributed by atoms with Crippen LogP contribution in [0.3, 0.4) is 0 Å². The lowest BCUT2D eigenvalue weighted by Gasteiger charge is -2.20. The van der Waals surface area contributed by atoms with E-state index in [4.69, 9.17) is 0 Å². The molecule has 0 amide bonds. The number of halogens is 3. The summed E-state index contributed by atoms with van der Waals surface area (Å²) in [6.45, 7) is 5.52. The topological polar surface area (TPSA) is 40.5 Å². The number of nitrogens with one attached hydrogen (secondary N) is 1. The van der Waals surface area contributed by atoms with Crippen LogP contribution in [-0.4, -0.2) is 36.0 Å². The number of nitrogens with zero attached hydrogens (tertiary/aromatic N) is 3. The molecule has 0 unspecified atom stereocenters. The molecule has 0 aliphatic carbocycles. The van der Waals surface area contributed by atoms with Crippen LogP contribution in [0.15, 0.2) is 34.6 Å². The maximum atomic E-state index is 12.6. The van der Waals surface area contributed by atoms with E-state index in [0.717, 1.165) is 22.8 Å². The fourth-order valence-electron chi connectivity index (χ4n) is 2.27. The minimum atomic E-state index is -4.34. The van der Waals surface area contributed by atoms with Crippen LogP contribution in [0.4, 0.5) is 13.2 Å². The molecule has 0 saturated carbocycles. The number of aryl methyl sites for hydroxylation is 1. The third-order valence-corrected chi connectivity index (χ3v) is 4.34. The van der Waals surface area contributed by atoms with E-state index in [0.29, 0.717) is 24.6 Å². The molecule has 0 spiro atoms. The van der Waals surface area contributed by atoms with E-state index in [9.17, 15) is 13.2 Å². The average Bonchev–Trinajstić information content (AvgIpc) is 3.02. The fraction of sp³-hybridized carbons (Fsp3) is 0.368. The Morgan fingerprint density at radius 2 is 2.00 bits per heavy atom. The number of aliphatic imine (C=N–C) groups is 1. The molecule has 0 saturated heterocycles. The highest BCUT2D eigenvalue weighted by Gasteiger charge is 2.29. The quantitative estimate of drug-likeness (QED) is 0.486. The summed E-state index contributed by atoms with van der Waals surface area (Å²) in [5.74, 6) is 6.40. The second-order valence-electron chi connectivity index (χ2n) is 5.76. The van der Waals surface area contributed by atoms with Crippen LogP contribution in [0.25, 0.3) is 0 Å². The lowest BCUT2D eigenvalue weighted by molar-refractivity contribution is -0.137. The SMILES string of the molecule is CCNC(=NCC#Cc1ccc(C(F)(F)F)cc1)N(C)Cc1csc(C)n1. The number of alkyl halides is 3. The van der Waals surface area contributed by atoms with Gasteiger partial charge in [-0.1, -0.05) is 11.8 Å². The number of aromatic nitrogens is 1. The summed E-state index contributed by atoms with van der Waals surface area (Å²) in [7, 11) is 1.92. The Balaban J connectivity index is 1.99. The molecule has 0 aliphatic heterocycles. The minimum Gasteiger partial charge on any atom is -0.356 e. The smallest absolute Gasteiger partial charge is 0.356 e. The first-order valence-electron chi connectivity index (χ1n) is 8.36. The van der Waals surface area contributed by atoms with Crippen molar-refractivity contribution in [2.75, 3.05) is 20.1 Å². The lowest BCUT2D eigenvalue weighted by Crippen LogP contribution is -2.38. The van der Waals surface area contributed by atoms with Gasteiger partial charge >= 0.3 is 6.18 Å². The largest absolute Gasteiger partial charge is 0.416 e. The van der Waals surface area contributed by atoms with Gasteiger partial charge in [-0.15, -0.1) is 11.3 Å². The van der Waals surface area contributed by atoms with Crippen molar-refractivity contribution in [3.63, 3.8) is 0 Å². The number of hydrogen-bond donors (Lipinski definition) is 1. The maximum Gasteiger partial charge on any atom is 0.416 e. The summed E-state index contributed by atoms with van der Waals surface area (Å²) < 4.78 is 37.7. The number of rotatable bonds is 4. The molecule has 1 aromatic heterocycles. The molecule has 27 heavy (non-hydrogen) atoms. The summed E-state index contributed by atoms with van der Waals surface area (Å²) in [4.78, 5) is 10.8. The van der Waals surface area contributed by atoms with Crippen LogP contribution in [0.5, 0.6) is 0 Å². The third kappa shape index (κ3) is 6.61. The molecule has 1 heterocycles. The highest BCUT2D eigenvalue weighted by Crippen LogP contribution is 2.28. The van der Waals surface area contributed by atoms with E-state index < -0.39 is 11.7 Å². The first-order chi connectivity index (χ1) is 12.8. The van der Waals surface area contributed by atoms with Gasteiger partial charge in [0, 0.05) is 24.5 Å². The van der Waals surface area contributed by atoms with Crippen LogP contribution in [0.1, 0.15) is 28.8 Å². The first-order valence-corrected chi connectivity index (χ1v) is 9.24. The summed E-state index contributed by atoms with van der Waals surface area (Å²) in [6, 6.07) is 4.78. The Morgan fingerprint density at radius 1 is 1.30 bits per heavy atom. The maximum absolute atomic E-state index is 12.6. The Kier molecular flexibility index (Phi) is 7.25. The van der Waals surface area contributed by atoms with E-state index in [2.05, 4.69) is 27.1 Å². The van der Waals surface area contributed by atoms with Crippen LogP contribution >= 0.6 is 11.3 Å². The summed E-state index contributed by atoms with van der Waals surface area (Å²) >= 11 is 1.60. The van der Waals surface area contributed by atoms with Crippen molar-refractivity contribution in [2.24, 2.45) is 4.99 Å². The van der Waals surface area contributed by atoms with E-state index in [1.807, 2.05) is 31.2 Å². The molecule has 0 fully saturated rings. The molecule has 1 aromatic carbocycles.